The third-order valence-electron chi connectivity index (χ3n) is 3.73. The third kappa shape index (κ3) is 3.53. The van der Waals surface area contributed by atoms with Gasteiger partial charge >= 0.3 is 0 Å². The van der Waals surface area contributed by atoms with E-state index < -0.39 is 0 Å². The van der Waals surface area contributed by atoms with Crippen molar-refractivity contribution in [3.05, 3.63) is 65.2 Å². The van der Waals surface area contributed by atoms with Gasteiger partial charge in [0.1, 0.15) is 0 Å². The van der Waals surface area contributed by atoms with Gasteiger partial charge in [0.15, 0.2) is 0 Å². The number of anilines is 1. The van der Waals surface area contributed by atoms with Crippen molar-refractivity contribution in [1.29, 1.82) is 0 Å². The molecule has 0 aliphatic heterocycles. The lowest BCUT2D eigenvalue weighted by Crippen LogP contribution is -2.47. The van der Waals surface area contributed by atoms with Gasteiger partial charge in [0.2, 0.25) is 0 Å². The number of nitrogens with two attached hydrogens (primary N) is 1. The fourth-order valence-electron chi connectivity index (χ4n) is 2.36. The van der Waals surface area contributed by atoms with Crippen LogP contribution in [0.3, 0.4) is 0 Å². The fraction of sp³-hybridized carbons (Fsp3) is 0.294. The van der Waals surface area contributed by atoms with E-state index in [1.54, 1.807) is 0 Å². The lowest BCUT2D eigenvalue weighted by molar-refractivity contribution is 0.457. The fourth-order valence-corrected chi connectivity index (χ4v) is 2.54. The molecule has 2 aromatic rings. The molecule has 0 radical (unpaired) electrons. The summed E-state index contributed by atoms with van der Waals surface area (Å²) in [7, 11) is 0. The number of rotatable bonds is 6. The Morgan fingerprint density at radius 1 is 1.05 bits per heavy atom. The van der Waals surface area contributed by atoms with Crippen LogP contribution in [0.1, 0.15) is 18.9 Å². The molecule has 0 amide bonds. The molecule has 2 aromatic carbocycles. The van der Waals surface area contributed by atoms with E-state index in [4.69, 9.17) is 17.3 Å². The highest BCUT2D eigenvalue weighted by atomic mass is 35.5. The van der Waals surface area contributed by atoms with Crippen LogP contribution in [0.15, 0.2) is 54.6 Å². The second-order valence-electron chi connectivity index (χ2n) is 5.11. The normalized spacial score (nSPS) is 13.8. The monoisotopic (exact) mass is 288 g/mol. The van der Waals surface area contributed by atoms with Gasteiger partial charge in [0.25, 0.3) is 0 Å². The molecule has 3 N–H and O–H groups in total. The number of hydrogen-bond acceptors (Lipinski definition) is 2. The van der Waals surface area contributed by atoms with E-state index in [-0.39, 0.29) is 5.54 Å². The van der Waals surface area contributed by atoms with Gasteiger partial charge in [-0.3, -0.25) is 0 Å². The summed E-state index contributed by atoms with van der Waals surface area (Å²) in [5.41, 5.74) is 8.10. The molecule has 0 aromatic heterocycles. The van der Waals surface area contributed by atoms with Gasteiger partial charge in [0, 0.05) is 6.54 Å². The van der Waals surface area contributed by atoms with Crippen molar-refractivity contribution in [2.45, 2.75) is 25.3 Å². The molecule has 20 heavy (non-hydrogen) atoms. The summed E-state index contributed by atoms with van der Waals surface area (Å²) in [6.07, 6.45) is 1.82. The molecule has 1 unspecified atom stereocenters. The SMILES string of the molecule is CCC(CN)(Cc1ccccc1)Nc1ccccc1Cl. The molecule has 1 atom stereocenters. The summed E-state index contributed by atoms with van der Waals surface area (Å²) in [5, 5.41) is 4.28. The molecule has 0 heterocycles. The minimum absolute atomic E-state index is 0.174. The molecule has 2 rings (SSSR count). The van der Waals surface area contributed by atoms with E-state index in [0.29, 0.717) is 6.54 Å². The minimum atomic E-state index is -0.174. The minimum Gasteiger partial charge on any atom is -0.377 e. The van der Waals surface area contributed by atoms with Crippen molar-refractivity contribution in [2.75, 3.05) is 11.9 Å². The molecule has 3 heteroatoms. The topological polar surface area (TPSA) is 38.0 Å². The summed E-state index contributed by atoms with van der Waals surface area (Å²) < 4.78 is 0. The molecule has 106 valence electrons. The zero-order valence-electron chi connectivity index (χ0n) is 11.8. The molecule has 0 saturated heterocycles. The summed E-state index contributed by atoms with van der Waals surface area (Å²) in [6.45, 7) is 2.71. The smallest absolute Gasteiger partial charge is 0.0637 e. The molecular weight excluding hydrogens is 268 g/mol. The predicted octanol–water partition coefficient (Wildman–Crippen LogP) is 4.10. The van der Waals surface area contributed by atoms with E-state index in [1.807, 2.05) is 30.3 Å². The second-order valence-corrected chi connectivity index (χ2v) is 5.51. The van der Waals surface area contributed by atoms with Crippen molar-refractivity contribution in [2.24, 2.45) is 5.73 Å². The largest absolute Gasteiger partial charge is 0.377 e. The first-order valence-electron chi connectivity index (χ1n) is 6.96. The lowest BCUT2D eigenvalue weighted by Gasteiger charge is -2.34. The number of hydrogen-bond donors (Lipinski definition) is 2. The number of nitrogens with one attached hydrogen (secondary N) is 1. The zero-order chi connectivity index (χ0) is 14.4. The Bertz CT molecular complexity index is 536. The van der Waals surface area contributed by atoms with Gasteiger partial charge in [-0.1, -0.05) is 61.0 Å². The summed E-state index contributed by atoms with van der Waals surface area (Å²) in [5.74, 6) is 0. The Balaban J connectivity index is 2.23. The highest BCUT2D eigenvalue weighted by molar-refractivity contribution is 6.33. The van der Waals surface area contributed by atoms with Crippen LogP contribution in [0, 0.1) is 0 Å². The van der Waals surface area contributed by atoms with Crippen molar-refractivity contribution < 1.29 is 0 Å². The van der Waals surface area contributed by atoms with Crippen LogP contribution < -0.4 is 11.1 Å². The van der Waals surface area contributed by atoms with E-state index in [2.05, 4.69) is 36.5 Å². The predicted molar refractivity (Wildman–Crippen MR) is 87.3 cm³/mol. The molecule has 0 fully saturated rings. The second kappa shape index (κ2) is 6.78. The number of para-hydroxylation sites is 1. The maximum Gasteiger partial charge on any atom is 0.0637 e. The quantitative estimate of drug-likeness (QED) is 0.840. The van der Waals surface area contributed by atoms with E-state index in [1.165, 1.54) is 5.56 Å². The Morgan fingerprint density at radius 3 is 2.30 bits per heavy atom. The standard InChI is InChI=1S/C17H21ClN2/c1-2-17(13-19,12-14-8-4-3-5-9-14)20-16-11-7-6-10-15(16)18/h3-11,20H,2,12-13,19H2,1H3. The lowest BCUT2D eigenvalue weighted by atomic mass is 9.88. The van der Waals surface area contributed by atoms with E-state index in [9.17, 15) is 0 Å². The van der Waals surface area contributed by atoms with Gasteiger partial charge in [-0.15, -0.1) is 0 Å². The highest BCUT2D eigenvalue weighted by Crippen LogP contribution is 2.27. The maximum atomic E-state index is 6.24. The van der Waals surface area contributed by atoms with Gasteiger partial charge in [0.05, 0.1) is 16.2 Å². The summed E-state index contributed by atoms with van der Waals surface area (Å²) >= 11 is 6.24. The first-order chi connectivity index (χ1) is 9.69. The van der Waals surface area contributed by atoms with Crippen LogP contribution in [0.2, 0.25) is 5.02 Å². The summed E-state index contributed by atoms with van der Waals surface area (Å²) in [4.78, 5) is 0. The van der Waals surface area contributed by atoms with Crippen LogP contribution in [0.5, 0.6) is 0 Å². The van der Waals surface area contributed by atoms with Crippen LogP contribution in [0.25, 0.3) is 0 Å². The van der Waals surface area contributed by atoms with Gasteiger partial charge in [-0.2, -0.15) is 0 Å². The van der Waals surface area contributed by atoms with Gasteiger partial charge in [-0.05, 0) is 30.5 Å². The molecule has 0 bridgehead atoms. The van der Waals surface area contributed by atoms with Gasteiger partial charge in [-0.25, -0.2) is 0 Å². The van der Waals surface area contributed by atoms with E-state index in [0.717, 1.165) is 23.6 Å². The van der Waals surface area contributed by atoms with Crippen LogP contribution in [-0.4, -0.2) is 12.1 Å². The zero-order valence-corrected chi connectivity index (χ0v) is 12.5. The Kier molecular flexibility index (Phi) is 5.05. The molecule has 0 spiro atoms. The Hall–Kier alpha value is -1.51. The van der Waals surface area contributed by atoms with Crippen LogP contribution >= 0.6 is 11.6 Å². The summed E-state index contributed by atoms with van der Waals surface area (Å²) in [6, 6.07) is 18.2. The Morgan fingerprint density at radius 2 is 1.70 bits per heavy atom. The maximum absolute atomic E-state index is 6.24. The van der Waals surface area contributed by atoms with Gasteiger partial charge < -0.3 is 11.1 Å². The molecule has 0 aliphatic rings. The van der Waals surface area contributed by atoms with Crippen LogP contribution in [-0.2, 0) is 6.42 Å². The average molecular weight is 289 g/mol. The van der Waals surface area contributed by atoms with Crippen molar-refractivity contribution in [1.82, 2.24) is 0 Å². The molecule has 0 saturated carbocycles. The first kappa shape index (κ1) is 14.9. The number of benzene rings is 2. The average Bonchev–Trinajstić information content (AvgIpc) is 2.50. The molecular formula is C17H21ClN2. The Labute approximate surface area is 126 Å². The van der Waals surface area contributed by atoms with Crippen LogP contribution in [0.4, 0.5) is 5.69 Å². The van der Waals surface area contributed by atoms with Crippen molar-refractivity contribution in [3.8, 4) is 0 Å². The molecule has 2 nitrogen and oxygen atoms in total. The van der Waals surface area contributed by atoms with Crippen molar-refractivity contribution >= 4 is 17.3 Å². The highest BCUT2D eigenvalue weighted by Gasteiger charge is 2.27. The van der Waals surface area contributed by atoms with E-state index >= 15 is 0 Å². The molecule has 0 aliphatic carbocycles. The van der Waals surface area contributed by atoms with Crippen molar-refractivity contribution in [3.63, 3.8) is 0 Å². The number of halogens is 1. The third-order valence-corrected chi connectivity index (χ3v) is 4.06. The first-order valence-corrected chi connectivity index (χ1v) is 7.33.